The van der Waals surface area contributed by atoms with E-state index in [1.54, 1.807) is 0 Å². The summed E-state index contributed by atoms with van der Waals surface area (Å²) < 4.78 is 0. The van der Waals surface area contributed by atoms with Crippen molar-refractivity contribution in [2.24, 2.45) is 39.9 Å². The Labute approximate surface area is 121 Å². The lowest BCUT2D eigenvalue weighted by atomic mass is 9.41. The van der Waals surface area contributed by atoms with Gasteiger partial charge in [0.1, 0.15) is 0 Å². The van der Waals surface area contributed by atoms with Crippen molar-refractivity contribution in [3.8, 4) is 0 Å². The fourth-order valence-electron chi connectivity index (χ4n) is 5.35. The number of hydrogen-bond acceptors (Lipinski definition) is 0. The highest BCUT2D eigenvalue weighted by atomic mass is 14.7. The van der Waals surface area contributed by atoms with Gasteiger partial charge in [-0.25, -0.2) is 0 Å². The van der Waals surface area contributed by atoms with Gasteiger partial charge in [0.2, 0.25) is 0 Å². The van der Waals surface area contributed by atoms with Gasteiger partial charge in [-0.2, -0.15) is 0 Å². The molecule has 2 fully saturated rings. The predicted octanol–water partition coefficient (Wildman–Crippen LogP) is 6.16. The van der Waals surface area contributed by atoms with Gasteiger partial charge in [-0.05, 0) is 59.2 Å². The topological polar surface area (TPSA) is 0 Å². The van der Waals surface area contributed by atoms with E-state index in [2.05, 4.69) is 55.4 Å². The SMILES string of the molecule is CCC(C)C1CC1(C)C(C)C1(C)CCC1(C)C(C)C. The summed E-state index contributed by atoms with van der Waals surface area (Å²) in [5, 5.41) is 0. The van der Waals surface area contributed by atoms with E-state index in [-0.39, 0.29) is 0 Å². The Morgan fingerprint density at radius 3 is 1.84 bits per heavy atom. The van der Waals surface area contributed by atoms with Crippen molar-refractivity contribution in [2.45, 2.75) is 81.1 Å². The predicted molar refractivity (Wildman–Crippen MR) is 85.1 cm³/mol. The van der Waals surface area contributed by atoms with Crippen LogP contribution in [0.15, 0.2) is 0 Å². The Bertz CT molecular complexity index is 344. The molecule has 6 atom stereocenters. The van der Waals surface area contributed by atoms with Crippen molar-refractivity contribution >= 4 is 0 Å². The Kier molecular flexibility index (Phi) is 3.64. The summed E-state index contributed by atoms with van der Waals surface area (Å²) in [5.41, 5.74) is 1.76. The van der Waals surface area contributed by atoms with Gasteiger partial charge in [0.25, 0.3) is 0 Å². The normalized spacial score (nSPS) is 48.8. The van der Waals surface area contributed by atoms with Crippen LogP contribution < -0.4 is 0 Å². The molecule has 0 aliphatic heterocycles. The van der Waals surface area contributed by atoms with Crippen molar-refractivity contribution < 1.29 is 0 Å². The van der Waals surface area contributed by atoms with E-state index >= 15 is 0 Å². The summed E-state index contributed by atoms with van der Waals surface area (Å²) in [6.45, 7) is 20.0. The molecule has 0 radical (unpaired) electrons. The smallest absolute Gasteiger partial charge is 0.0238 e. The molecular weight excluding hydrogens is 228 g/mol. The summed E-state index contributed by atoms with van der Waals surface area (Å²) in [6, 6.07) is 0. The first-order valence-corrected chi connectivity index (χ1v) is 8.63. The van der Waals surface area contributed by atoms with Gasteiger partial charge in [-0.1, -0.05) is 61.8 Å². The Morgan fingerprint density at radius 2 is 1.47 bits per heavy atom. The van der Waals surface area contributed by atoms with Gasteiger partial charge in [-0.3, -0.25) is 0 Å². The van der Waals surface area contributed by atoms with Crippen LogP contribution in [0.1, 0.15) is 81.1 Å². The molecule has 0 aromatic heterocycles. The lowest BCUT2D eigenvalue weighted by molar-refractivity contribution is -0.143. The second-order valence-electron chi connectivity index (χ2n) is 8.91. The van der Waals surface area contributed by atoms with Gasteiger partial charge in [-0.15, -0.1) is 0 Å². The molecule has 0 bridgehead atoms. The van der Waals surface area contributed by atoms with E-state index in [1.165, 1.54) is 25.7 Å². The molecule has 0 nitrogen and oxygen atoms in total. The van der Waals surface area contributed by atoms with Crippen molar-refractivity contribution in [1.82, 2.24) is 0 Å². The van der Waals surface area contributed by atoms with Crippen LogP contribution in [0.5, 0.6) is 0 Å². The second-order valence-corrected chi connectivity index (χ2v) is 8.91. The summed E-state index contributed by atoms with van der Waals surface area (Å²) in [5.74, 6) is 3.60. The summed E-state index contributed by atoms with van der Waals surface area (Å²) in [6.07, 6.45) is 5.72. The molecule has 0 aromatic rings. The van der Waals surface area contributed by atoms with E-state index in [0.717, 1.165) is 23.7 Å². The summed E-state index contributed by atoms with van der Waals surface area (Å²) >= 11 is 0. The molecule has 2 aliphatic carbocycles. The zero-order valence-corrected chi connectivity index (χ0v) is 14.6. The molecule has 0 saturated heterocycles. The summed E-state index contributed by atoms with van der Waals surface area (Å²) in [7, 11) is 0. The lowest BCUT2D eigenvalue weighted by Crippen LogP contribution is -2.56. The molecule has 0 heterocycles. The molecule has 2 rings (SSSR count). The third-order valence-corrected chi connectivity index (χ3v) is 8.37. The van der Waals surface area contributed by atoms with E-state index in [4.69, 9.17) is 0 Å². The van der Waals surface area contributed by atoms with Crippen molar-refractivity contribution in [2.75, 3.05) is 0 Å². The molecule has 0 heteroatoms. The number of rotatable bonds is 5. The maximum absolute atomic E-state index is 2.60. The molecule has 0 aromatic carbocycles. The van der Waals surface area contributed by atoms with Crippen LogP contribution in [0.2, 0.25) is 0 Å². The maximum Gasteiger partial charge on any atom is -0.0238 e. The largest absolute Gasteiger partial charge is 0.0651 e. The van der Waals surface area contributed by atoms with Gasteiger partial charge < -0.3 is 0 Å². The quantitative estimate of drug-likeness (QED) is 0.558. The molecule has 19 heavy (non-hydrogen) atoms. The minimum Gasteiger partial charge on any atom is -0.0651 e. The minimum atomic E-state index is 0.567. The third kappa shape index (κ3) is 1.92. The first-order valence-electron chi connectivity index (χ1n) is 8.63. The van der Waals surface area contributed by atoms with Gasteiger partial charge >= 0.3 is 0 Å². The van der Waals surface area contributed by atoms with Gasteiger partial charge in [0, 0.05) is 0 Å². The molecule has 0 spiro atoms. The highest BCUT2D eigenvalue weighted by molar-refractivity contribution is 5.14. The van der Waals surface area contributed by atoms with Crippen LogP contribution in [0.4, 0.5) is 0 Å². The maximum atomic E-state index is 2.60. The van der Waals surface area contributed by atoms with Crippen LogP contribution >= 0.6 is 0 Å². The molecule has 0 amide bonds. The van der Waals surface area contributed by atoms with E-state index in [1.807, 2.05) is 0 Å². The van der Waals surface area contributed by atoms with E-state index < -0.39 is 0 Å². The molecular formula is C19H36. The average Bonchev–Trinajstić information content (AvgIpc) is 3.06. The minimum absolute atomic E-state index is 0.567. The molecule has 0 N–H and O–H groups in total. The Morgan fingerprint density at radius 1 is 0.947 bits per heavy atom. The van der Waals surface area contributed by atoms with Crippen LogP contribution in [-0.4, -0.2) is 0 Å². The highest BCUT2D eigenvalue weighted by Gasteiger charge is 2.65. The molecule has 112 valence electrons. The van der Waals surface area contributed by atoms with Crippen LogP contribution in [0.25, 0.3) is 0 Å². The first-order chi connectivity index (χ1) is 8.63. The first kappa shape index (κ1) is 15.4. The molecule has 2 saturated carbocycles. The van der Waals surface area contributed by atoms with Crippen LogP contribution in [0.3, 0.4) is 0 Å². The van der Waals surface area contributed by atoms with Crippen molar-refractivity contribution in [3.05, 3.63) is 0 Å². The number of hydrogen-bond donors (Lipinski definition) is 0. The van der Waals surface area contributed by atoms with Crippen LogP contribution in [0, 0.1) is 39.9 Å². The zero-order chi connectivity index (χ0) is 14.6. The lowest BCUT2D eigenvalue weighted by Gasteiger charge is -2.63. The fraction of sp³-hybridized carbons (Fsp3) is 1.00. The Hall–Kier alpha value is 0. The summed E-state index contributed by atoms with van der Waals surface area (Å²) in [4.78, 5) is 0. The van der Waals surface area contributed by atoms with Crippen molar-refractivity contribution in [3.63, 3.8) is 0 Å². The van der Waals surface area contributed by atoms with Crippen molar-refractivity contribution in [1.29, 1.82) is 0 Å². The monoisotopic (exact) mass is 264 g/mol. The molecule has 6 unspecified atom stereocenters. The second kappa shape index (κ2) is 4.50. The third-order valence-electron chi connectivity index (χ3n) is 8.37. The van der Waals surface area contributed by atoms with E-state index in [9.17, 15) is 0 Å². The molecule has 2 aliphatic rings. The average molecular weight is 264 g/mol. The standard InChI is InChI=1S/C19H36/c1-9-14(4)16-12-17(16,6)15(5)19(8)11-10-18(19,7)13(2)3/h13-16H,9-12H2,1-8H3. The zero-order valence-electron chi connectivity index (χ0n) is 14.6. The highest BCUT2D eigenvalue weighted by Crippen LogP contribution is 2.73. The van der Waals surface area contributed by atoms with Gasteiger partial charge in [0.15, 0.2) is 0 Å². The fourth-order valence-corrected chi connectivity index (χ4v) is 5.35. The van der Waals surface area contributed by atoms with E-state index in [0.29, 0.717) is 16.2 Å². The van der Waals surface area contributed by atoms with Gasteiger partial charge in [0.05, 0.1) is 0 Å². The van der Waals surface area contributed by atoms with Crippen LogP contribution in [-0.2, 0) is 0 Å². The Balaban J connectivity index is 2.15.